The van der Waals surface area contributed by atoms with Crippen molar-refractivity contribution in [2.45, 2.75) is 26.3 Å². The van der Waals surface area contributed by atoms with E-state index in [-0.39, 0.29) is 16.9 Å². The Morgan fingerprint density at radius 3 is 3.00 bits per heavy atom. The number of rotatable bonds is 1. The van der Waals surface area contributed by atoms with Crippen molar-refractivity contribution in [3.8, 4) is 5.75 Å². The van der Waals surface area contributed by atoms with Crippen LogP contribution >= 0.6 is 0 Å². The van der Waals surface area contributed by atoms with E-state index >= 15 is 0 Å². The third-order valence-corrected chi connectivity index (χ3v) is 3.72. The summed E-state index contributed by atoms with van der Waals surface area (Å²) in [6.45, 7) is 2.29. The normalized spacial score (nSPS) is 14.9. The minimum Gasteiger partial charge on any atom is -0.506 e. The second kappa shape index (κ2) is 4.12. The Labute approximate surface area is 110 Å². The molecule has 98 valence electrons. The zero-order valence-corrected chi connectivity index (χ0v) is 10.7. The number of aromatic hydroxyl groups is 1. The smallest absolute Gasteiger partial charge is 0.264 e. The highest BCUT2D eigenvalue weighted by Crippen LogP contribution is 2.31. The molecule has 1 aromatic heterocycles. The number of hydrogen-bond acceptors (Lipinski definition) is 4. The van der Waals surface area contributed by atoms with Crippen LogP contribution in [-0.4, -0.2) is 15.4 Å². The lowest BCUT2D eigenvalue weighted by molar-refractivity contribution is 0.476. The number of para-hydroxylation sites is 1. The van der Waals surface area contributed by atoms with Gasteiger partial charge in [0.25, 0.3) is 5.56 Å². The van der Waals surface area contributed by atoms with E-state index in [0.717, 1.165) is 23.9 Å². The van der Waals surface area contributed by atoms with E-state index < -0.39 is 0 Å². The summed E-state index contributed by atoms with van der Waals surface area (Å²) >= 11 is 0. The van der Waals surface area contributed by atoms with Gasteiger partial charge in [-0.1, -0.05) is 12.1 Å². The number of hydrazone groups is 1. The highest BCUT2D eigenvalue weighted by molar-refractivity contribution is 6.05. The van der Waals surface area contributed by atoms with Gasteiger partial charge in [-0.25, -0.2) is 0 Å². The van der Waals surface area contributed by atoms with Gasteiger partial charge in [0, 0.05) is 11.9 Å². The van der Waals surface area contributed by atoms with Gasteiger partial charge in [0.15, 0.2) is 0 Å². The fraction of sp³-hybridized carbons (Fsp3) is 0.286. The zero-order chi connectivity index (χ0) is 13.6. The Hall–Kier alpha value is -2.30. The summed E-state index contributed by atoms with van der Waals surface area (Å²) in [5.74, 6) is 5.23. The molecular formula is C14H15N3O2. The Balaban J connectivity index is 2.54. The molecule has 19 heavy (non-hydrogen) atoms. The van der Waals surface area contributed by atoms with Crippen molar-refractivity contribution in [2.24, 2.45) is 10.9 Å². The first-order chi connectivity index (χ1) is 9.15. The minimum atomic E-state index is -0.219. The van der Waals surface area contributed by atoms with Gasteiger partial charge in [-0.15, -0.1) is 0 Å². The molecule has 0 radical (unpaired) electrons. The SMILES string of the molecule is C/C(=N\N)c1c(O)c2cccc3c2n(c1=O)CCC3. The van der Waals surface area contributed by atoms with Crippen LogP contribution in [-0.2, 0) is 13.0 Å². The van der Waals surface area contributed by atoms with E-state index in [9.17, 15) is 9.90 Å². The Morgan fingerprint density at radius 2 is 2.26 bits per heavy atom. The van der Waals surface area contributed by atoms with E-state index in [4.69, 9.17) is 5.84 Å². The number of hydrogen-bond donors (Lipinski definition) is 2. The molecule has 1 aliphatic rings. The van der Waals surface area contributed by atoms with Gasteiger partial charge < -0.3 is 15.5 Å². The fourth-order valence-corrected chi connectivity index (χ4v) is 2.81. The molecule has 0 saturated heterocycles. The molecule has 1 aliphatic heterocycles. The Morgan fingerprint density at radius 1 is 1.47 bits per heavy atom. The van der Waals surface area contributed by atoms with Gasteiger partial charge in [-0.2, -0.15) is 5.10 Å². The van der Waals surface area contributed by atoms with Gasteiger partial charge in [0.05, 0.1) is 11.2 Å². The first-order valence-electron chi connectivity index (χ1n) is 6.27. The van der Waals surface area contributed by atoms with E-state index in [1.54, 1.807) is 11.5 Å². The number of nitrogens with two attached hydrogens (primary N) is 1. The van der Waals surface area contributed by atoms with Gasteiger partial charge in [0.2, 0.25) is 0 Å². The lowest BCUT2D eigenvalue weighted by Crippen LogP contribution is -2.29. The molecule has 2 heterocycles. The molecule has 1 aromatic carbocycles. The third-order valence-electron chi connectivity index (χ3n) is 3.72. The molecule has 0 aliphatic carbocycles. The maximum absolute atomic E-state index is 12.5. The van der Waals surface area contributed by atoms with Crippen LogP contribution in [0.15, 0.2) is 28.1 Å². The van der Waals surface area contributed by atoms with Crippen molar-refractivity contribution < 1.29 is 5.11 Å². The summed E-state index contributed by atoms with van der Waals surface area (Å²) in [7, 11) is 0. The summed E-state index contributed by atoms with van der Waals surface area (Å²) in [6.07, 6.45) is 1.86. The molecule has 0 spiro atoms. The molecular weight excluding hydrogens is 242 g/mol. The van der Waals surface area contributed by atoms with Gasteiger partial charge in [-0.3, -0.25) is 4.79 Å². The predicted octanol–water partition coefficient (Wildman–Crippen LogP) is 1.34. The molecule has 0 atom stereocenters. The number of aromatic nitrogens is 1. The summed E-state index contributed by atoms with van der Waals surface area (Å²) < 4.78 is 1.72. The van der Waals surface area contributed by atoms with E-state index in [0.29, 0.717) is 17.6 Å². The molecule has 3 N–H and O–H groups in total. The lowest BCUT2D eigenvalue weighted by Gasteiger charge is -2.21. The van der Waals surface area contributed by atoms with Crippen molar-refractivity contribution in [3.63, 3.8) is 0 Å². The number of nitrogens with zero attached hydrogens (tertiary/aromatic N) is 2. The molecule has 5 nitrogen and oxygen atoms in total. The highest BCUT2D eigenvalue weighted by atomic mass is 16.3. The molecule has 5 heteroatoms. The third kappa shape index (κ3) is 1.54. The second-order valence-electron chi connectivity index (χ2n) is 4.81. The topological polar surface area (TPSA) is 80.6 Å². The van der Waals surface area contributed by atoms with Crippen LogP contribution < -0.4 is 11.4 Å². The maximum atomic E-state index is 12.5. The minimum absolute atomic E-state index is 0.0216. The zero-order valence-electron chi connectivity index (χ0n) is 10.7. The van der Waals surface area contributed by atoms with Crippen molar-refractivity contribution >= 4 is 16.6 Å². The average Bonchev–Trinajstić information content (AvgIpc) is 2.44. The summed E-state index contributed by atoms with van der Waals surface area (Å²) in [5, 5.41) is 14.6. The largest absolute Gasteiger partial charge is 0.506 e. The first-order valence-corrected chi connectivity index (χ1v) is 6.27. The van der Waals surface area contributed by atoms with Crippen LogP contribution in [0.25, 0.3) is 10.9 Å². The van der Waals surface area contributed by atoms with Gasteiger partial charge in [-0.05, 0) is 31.4 Å². The Bertz CT molecular complexity index is 759. The predicted molar refractivity (Wildman–Crippen MR) is 74.6 cm³/mol. The van der Waals surface area contributed by atoms with Gasteiger partial charge in [0.1, 0.15) is 11.3 Å². The van der Waals surface area contributed by atoms with Crippen molar-refractivity contribution in [3.05, 3.63) is 39.7 Å². The van der Waals surface area contributed by atoms with Crippen LogP contribution in [0.3, 0.4) is 0 Å². The van der Waals surface area contributed by atoms with Crippen LogP contribution in [0.4, 0.5) is 0 Å². The number of benzene rings is 1. The summed E-state index contributed by atoms with van der Waals surface area (Å²) in [5.41, 5.74) is 2.27. The molecule has 3 rings (SSSR count). The maximum Gasteiger partial charge on any atom is 0.264 e. The summed E-state index contributed by atoms with van der Waals surface area (Å²) in [6, 6.07) is 5.72. The van der Waals surface area contributed by atoms with E-state index in [2.05, 4.69) is 5.10 Å². The molecule has 0 amide bonds. The van der Waals surface area contributed by atoms with Crippen LogP contribution in [0.5, 0.6) is 5.75 Å². The van der Waals surface area contributed by atoms with E-state index in [1.165, 1.54) is 0 Å². The van der Waals surface area contributed by atoms with Gasteiger partial charge >= 0.3 is 0 Å². The van der Waals surface area contributed by atoms with E-state index in [1.807, 2.05) is 18.2 Å². The lowest BCUT2D eigenvalue weighted by atomic mass is 9.98. The fourth-order valence-electron chi connectivity index (χ4n) is 2.81. The molecule has 0 unspecified atom stereocenters. The number of aryl methyl sites for hydroxylation is 2. The Kier molecular flexibility index (Phi) is 2.55. The highest BCUT2D eigenvalue weighted by Gasteiger charge is 2.21. The van der Waals surface area contributed by atoms with Crippen LogP contribution in [0.1, 0.15) is 24.5 Å². The average molecular weight is 257 g/mol. The van der Waals surface area contributed by atoms with Crippen molar-refractivity contribution in [1.29, 1.82) is 0 Å². The molecule has 2 aromatic rings. The quantitative estimate of drug-likeness (QED) is 0.459. The first kappa shape index (κ1) is 11.8. The standard InChI is InChI=1S/C14H15N3O2/c1-8(16-15)11-13(18)10-6-2-4-9-5-3-7-17(12(9)10)14(11)19/h2,4,6,18H,3,5,7,15H2,1H3/b16-8+. The molecule has 0 saturated carbocycles. The van der Waals surface area contributed by atoms with Crippen molar-refractivity contribution in [2.75, 3.05) is 0 Å². The van der Waals surface area contributed by atoms with Crippen molar-refractivity contribution in [1.82, 2.24) is 4.57 Å². The molecule has 0 fully saturated rings. The second-order valence-corrected chi connectivity index (χ2v) is 4.81. The van der Waals surface area contributed by atoms with Crippen LogP contribution in [0.2, 0.25) is 0 Å². The monoisotopic (exact) mass is 257 g/mol. The summed E-state index contributed by atoms with van der Waals surface area (Å²) in [4.78, 5) is 12.5. The molecule has 0 bridgehead atoms. The number of pyridine rings is 1. The van der Waals surface area contributed by atoms with Crippen LogP contribution in [0, 0.1) is 0 Å².